The smallest absolute Gasteiger partial charge is 0.254 e. The predicted molar refractivity (Wildman–Crippen MR) is 136 cm³/mol. The van der Waals surface area contributed by atoms with Gasteiger partial charge in [0.1, 0.15) is 0 Å². The van der Waals surface area contributed by atoms with E-state index in [0.717, 1.165) is 58.9 Å². The molecule has 0 radical (unpaired) electrons. The van der Waals surface area contributed by atoms with Crippen molar-refractivity contribution >= 4 is 16.8 Å². The highest BCUT2D eigenvalue weighted by molar-refractivity contribution is 6.07. The van der Waals surface area contributed by atoms with E-state index in [0.29, 0.717) is 18.7 Å². The Labute approximate surface area is 204 Å². The Kier molecular flexibility index (Phi) is 6.59. The van der Waals surface area contributed by atoms with Crippen LogP contribution >= 0.6 is 0 Å². The maximum Gasteiger partial charge on any atom is 0.254 e. The van der Waals surface area contributed by atoms with Gasteiger partial charge in [-0.1, -0.05) is 24.3 Å². The molecule has 7 nitrogen and oxygen atoms in total. The van der Waals surface area contributed by atoms with Crippen LogP contribution in [0.2, 0.25) is 0 Å². The number of fused-ring (bicyclic) bond motifs is 1. The zero-order valence-electron chi connectivity index (χ0n) is 20.0. The van der Waals surface area contributed by atoms with Crippen LogP contribution in [0.15, 0.2) is 73.1 Å². The number of carbonyl (C=O) groups is 1. The molecular formula is C28H28N4O3. The second-order valence-electron chi connectivity index (χ2n) is 8.57. The average molecular weight is 469 g/mol. The van der Waals surface area contributed by atoms with Gasteiger partial charge in [0.05, 0.1) is 31.0 Å². The summed E-state index contributed by atoms with van der Waals surface area (Å²) in [5.41, 5.74) is 4.39. The summed E-state index contributed by atoms with van der Waals surface area (Å²) in [4.78, 5) is 26.9. The van der Waals surface area contributed by atoms with Crippen LogP contribution in [0, 0.1) is 0 Å². The van der Waals surface area contributed by atoms with E-state index in [1.54, 1.807) is 26.6 Å². The molecule has 4 aromatic rings. The predicted octanol–water partition coefficient (Wildman–Crippen LogP) is 4.27. The number of hydrogen-bond acceptors (Lipinski definition) is 6. The Morgan fingerprint density at radius 3 is 2.37 bits per heavy atom. The lowest BCUT2D eigenvalue weighted by Crippen LogP contribution is -2.48. The fraction of sp³-hybridized carbons (Fsp3) is 0.250. The lowest BCUT2D eigenvalue weighted by Gasteiger charge is -2.35. The minimum atomic E-state index is 0.0460. The molecule has 35 heavy (non-hydrogen) atoms. The van der Waals surface area contributed by atoms with Gasteiger partial charge in [-0.2, -0.15) is 0 Å². The lowest BCUT2D eigenvalue weighted by atomic mass is 10.0. The number of piperazine rings is 1. The van der Waals surface area contributed by atoms with E-state index in [1.165, 1.54) is 0 Å². The van der Waals surface area contributed by atoms with E-state index in [-0.39, 0.29) is 5.91 Å². The number of carbonyl (C=O) groups excluding carboxylic acids is 1. The van der Waals surface area contributed by atoms with Gasteiger partial charge < -0.3 is 14.4 Å². The Balaban J connectivity index is 1.33. The largest absolute Gasteiger partial charge is 0.493 e. The second kappa shape index (κ2) is 10.1. The first-order valence-corrected chi connectivity index (χ1v) is 11.7. The molecule has 1 saturated heterocycles. The number of para-hydroxylation sites is 1. The van der Waals surface area contributed by atoms with E-state index in [1.807, 2.05) is 59.5 Å². The topological polar surface area (TPSA) is 67.8 Å². The third-order valence-corrected chi connectivity index (χ3v) is 6.44. The fourth-order valence-corrected chi connectivity index (χ4v) is 4.54. The first-order valence-electron chi connectivity index (χ1n) is 11.7. The molecule has 178 valence electrons. The Morgan fingerprint density at radius 1 is 0.886 bits per heavy atom. The molecule has 0 unspecified atom stereocenters. The molecule has 0 saturated carbocycles. The monoisotopic (exact) mass is 468 g/mol. The van der Waals surface area contributed by atoms with Gasteiger partial charge in [0.25, 0.3) is 5.91 Å². The molecule has 0 N–H and O–H groups in total. The van der Waals surface area contributed by atoms with Gasteiger partial charge in [-0.05, 0) is 42.0 Å². The number of methoxy groups -OCH3 is 2. The average Bonchev–Trinajstić information content (AvgIpc) is 2.93. The third-order valence-electron chi connectivity index (χ3n) is 6.44. The van der Waals surface area contributed by atoms with Gasteiger partial charge in [-0.15, -0.1) is 0 Å². The molecule has 7 heteroatoms. The van der Waals surface area contributed by atoms with Gasteiger partial charge in [0.15, 0.2) is 11.5 Å². The van der Waals surface area contributed by atoms with Crippen LogP contribution in [0.1, 0.15) is 15.9 Å². The molecule has 5 rings (SSSR count). The minimum absolute atomic E-state index is 0.0460. The minimum Gasteiger partial charge on any atom is -0.493 e. The first kappa shape index (κ1) is 22.8. The highest BCUT2D eigenvalue weighted by Crippen LogP contribution is 2.29. The van der Waals surface area contributed by atoms with Crippen LogP contribution in [-0.2, 0) is 6.54 Å². The van der Waals surface area contributed by atoms with Crippen molar-refractivity contribution in [3.05, 3.63) is 84.2 Å². The van der Waals surface area contributed by atoms with Crippen molar-refractivity contribution in [3.63, 3.8) is 0 Å². The molecule has 3 heterocycles. The summed E-state index contributed by atoms with van der Waals surface area (Å²) in [7, 11) is 3.29. The van der Waals surface area contributed by atoms with Crippen LogP contribution in [0.5, 0.6) is 11.5 Å². The summed E-state index contributed by atoms with van der Waals surface area (Å²) in [5, 5.41) is 0.878. The van der Waals surface area contributed by atoms with E-state index in [9.17, 15) is 4.79 Å². The standard InChI is InChI=1S/C28H28N4O3/c1-34-26-8-7-20(17-27(26)35-2)19-31-13-15-32(16-14-31)28(33)23-18-25(21-9-11-29-12-10-21)30-24-6-4-3-5-22(23)24/h3-12,17-18H,13-16,19H2,1-2H3. The number of ether oxygens (including phenoxy) is 2. The number of hydrogen-bond donors (Lipinski definition) is 0. The summed E-state index contributed by atoms with van der Waals surface area (Å²) in [6, 6.07) is 19.6. The van der Waals surface area contributed by atoms with Gasteiger partial charge in [-0.25, -0.2) is 4.98 Å². The van der Waals surface area contributed by atoms with Crippen molar-refractivity contribution in [2.45, 2.75) is 6.54 Å². The molecule has 0 bridgehead atoms. The number of amides is 1. The SMILES string of the molecule is COc1ccc(CN2CCN(C(=O)c3cc(-c4ccncc4)nc4ccccc34)CC2)cc1OC. The highest BCUT2D eigenvalue weighted by Gasteiger charge is 2.24. The van der Waals surface area contributed by atoms with Gasteiger partial charge in [0.2, 0.25) is 0 Å². The summed E-state index contributed by atoms with van der Waals surface area (Å²) in [6.07, 6.45) is 3.48. The first-order chi connectivity index (χ1) is 17.2. The van der Waals surface area contributed by atoms with Crippen molar-refractivity contribution in [1.82, 2.24) is 19.8 Å². The van der Waals surface area contributed by atoms with Crippen LogP contribution in [0.3, 0.4) is 0 Å². The number of aromatic nitrogens is 2. The Morgan fingerprint density at radius 2 is 1.63 bits per heavy atom. The number of pyridine rings is 2. The zero-order valence-corrected chi connectivity index (χ0v) is 20.0. The molecule has 2 aromatic carbocycles. The maximum atomic E-state index is 13.7. The Bertz CT molecular complexity index is 1330. The van der Waals surface area contributed by atoms with Crippen molar-refractivity contribution in [3.8, 4) is 22.8 Å². The van der Waals surface area contributed by atoms with Crippen molar-refractivity contribution in [1.29, 1.82) is 0 Å². The summed E-state index contributed by atoms with van der Waals surface area (Å²) >= 11 is 0. The van der Waals surface area contributed by atoms with Gasteiger partial charge >= 0.3 is 0 Å². The van der Waals surface area contributed by atoms with Crippen molar-refractivity contribution in [2.75, 3.05) is 40.4 Å². The molecule has 1 aliphatic rings. The van der Waals surface area contributed by atoms with Crippen LogP contribution in [0.4, 0.5) is 0 Å². The molecule has 1 fully saturated rings. The van der Waals surface area contributed by atoms with Crippen LogP contribution in [0.25, 0.3) is 22.2 Å². The normalized spacial score (nSPS) is 14.2. The van der Waals surface area contributed by atoms with Crippen molar-refractivity contribution < 1.29 is 14.3 Å². The quantitative estimate of drug-likeness (QED) is 0.421. The fourth-order valence-electron chi connectivity index (χ4n) is 4.54. The highest BCUT2D eigenvalue weighted by atomic mass is 16.5. The lowest BCUT2D eigenvalue weighted by molar-refractivity contribution is 0.0630. The van der Waals surface area contributed by atoms with Crippen LogP contribution in [-0.4, -0.2) is 66.1 Å². The second-order valence-corrected chi connectivity index (χ2v) is 8.57. The summed E-state index contributed by atoms with van der Waals surface area (Å²) in [6.45, 7) is 3.76. The molecule has 1 amide bonds. The number of rotatable bonds is 6. The maximum absolute atomic E-state index is 13.7. The number of nitrogens with zero attached hydrogens (tertiary/aromatic N) is 4. The zero-order chi connectivity index (χ0) is 24.2. The summed E-state index contributed by atoms with van der Waals surface area (Å²) in [5.74, 6) is 1.50. The van der Waals surface area contributed by atoms with E-state index in [2.05, 4.69) is 16.0 Å². The van der Waals surface area contributed by atoms with E-state index < -0.39 is 0 Å². The van der Waals surface area contributed by atoms with Gasteiger partial charge in [-0.3, -0.25) is 14.7 Å². The summed E-state index contributed by atoms with van der Waals surface area (Å²) < 4.78 is 10.8. The molecule has 1 aliphatic heterocycles. The van der Waals surface area contributed by atoms with E-state index >= 15 is 0 Å². The number of benzene rings is 2. The van der Waals surface area contributed by atoms with Gasteiger partial charge in [0, 0.05) is 56.1 Å². The molecule has 0 aliphatic carbocycles. The molecule has 0 spiro atoms. The van der Waals surface area contributed by atoms with E-state index in [4.69, 9.17) is 14.5 Å². The third kappa shape index (κ3) is 4.81. The van der Waals surface area contributed by atoms with Crippen molar-refractivity contribution in [2.24, 2.45) is 0 Å². The Hall–Kier alpha value is -3.97. The molecule has 2 aromatic heterocycles. The molecular weight excluding hydrogens is 440 g/mol. The van der Waals surface area contributed by atoms with Crippen LogP contribution < -0.4 is 9.47 Å². The molecule has 0 atom stereocenters.